The molecule has 110 valence electrons. The van der Waals surface area contributed by atoms with E-state index in [4.69, 9.17) is 4.74 Å². The largest absolute Gasteiger partial charge is 0.445 e. The Morgan fingerprint density at radius 3 is 2.95 bits per heavy atom. The maximum absolute atomic E-state index is 12.1. The van der Waals surface area contributed by atoms with Crippen LogP contribution in [0.4, 0.5) is 4.79 Å². The first kappa shape index (κ1) is 14.9. The Bertz CT molecular complexity index is 408. The molecule has 0 aromatic heterocycles. The van der Waals surface area contributed by atoms with Crippen LogP contribution in [0.25, 0.3) is 0 Å². The summed E-state index contributed by atoms with van der Waals surface area (Å²) in [6.45, 7) is 6.05. The molecule has 0 unspecified atom stereocenters. The molecule has 2 rings (SSSR count). The predicted molar refractivity (Wildman–Crippen MR) is 79.5 cm³/mol. The van der Waals surface area contributed by atoms with Crippen LogP contribution in [0.5, 0.6) is 0 Å². The second-order valence-corrected chi connectivity index (χ2v) is 5.30. The van der Waals surface area contributed by atoms with Gasteiger partial charge in [0.05, 0.1) is 0 Å². The summed E-state index contributed by atoms with van der Waals surface area (Å²) >= 11 is 0. The van der Waals surface area contributed by atoms with Crippen molar-refractivity contribution in [3.8, 4) is 0 Å². The number of likely N-dealkylation sites (tertiary alicyclic amines) is 1. The van der Waals surface area contributed by atoms with E-state index in [1.165, 1.54) is 6.42 Å². The van der Waals surface area contributed by atoms with Gasteiger partial charge in [-0.25, -0.2) is 4.79 Å². The molecule has 1 saturated heterocycles. The maximum Gasteiger partial charge on any atom is 0.410 e. The van der Waals surface area contributed by atoms with E-state index in [9.17, 15) is 4.79 Å². The highest BCUT2D eigenvalue weighted by Gasteiger charge is 2.24. The number of rotatable bonds is 5. The molecular weight excluding hydrogens is 252 g/mol. The van der Waals surface area contributed by atoms with Gasteiger partial charge in [-0.1, -0.05) is 37.3 Å². The van der Waals surface area contributed by atoms with Crippen molar-refractivity contribution in [1.82, 2.24) is 10.2 Å². The zero-order valence-corrected chi connectivity index (χ0v) is 12.2. The van der Waals surface area contributed by atoms with E-state index in [1.54, 1.807) is 0 Å². The minimum atomic E-state index is -0.185. The van der Waals surface area contributed by atoms with Gasteiger partial charge < -0.3 is 15.0 Å². The van der Waals surface area contributed by atoms with Crippen molar-refractivity contribution >= 4 is 6.09 Å². The Morgan fingerprint density at radius 2 is 2.20 bits per heavy atom. The van der Waals surface area contributed by atoms with Crippen molar-refractivity contribution in [2.45, 2.75) is 26.4 Å². The summed E-state index contributed by atoms with van der Waals surface area (Å²) < 4.78 is 5.39. The number of carbonyl (C=O) groups is 1. The van der Waals surface area contributed by atoms with E-state index in [0.717, 1.165) is 38.2 Å². The summed E-state index contributed by atoms with van der Waals surface area (Å²) in [5.74, 6) is 0.549. The molecular formula is C16H24N2O2. The number of carbonyl (C=O) groups excluding carboxylic acids is 1. The lowest BCUT2D eigenvalue weighted by Gasteiger charge is -2.32. The Hall–Kier alpha value is -1.55. The van der Waals surface area contributed by atoms with Gasteiger partial charge in [-0.15, -0.1) is 0 Å². The number of amides is 1. The summed E-state index contributed by atoms with van der Waals surface area (Å²) in [6, 6.07) is 9.81. The Balaban J connectivity index is 1.77. The fourth-order valence-electron chi connectivity index (χ4n) is 2.56. The molecule has 0 aliphatic carbocycles. The van der Waals surface area contributed by atoms with Crippen LogP contribution in [-0.4, -0.2) is 37.2 Å². The third-order valence-corrected chi connectivity index (χ3v) is 3.67. The number of nitrogens with one attached hydrogen (secondary N) is 1. The quantitative estimate of drug-likeness (QED) is 0.899. The van der Waals surface area contributed by atoms with Gasteiger partial charge in [-0.3, -0.25) is 0 Å². The average Bonchev–Trinajstić information content (AvgIpc) is 2.52. The number of hydrogen-bond acceptors (Lipinski definition) is 3. The van der Waals surface area contributed by atoms with Crippen LogP contribution >= 0.6 is 0 Å². The highest BCUT2D eigenvalue weighted by Crippen LogP contribution is 2.17. The standard InChI is InChI=1S/C16H24N2O2/c1-2-17-11-15-9-6-10-18(12-15)16(19)20-13-14-7-4-3-5-8-14/h3-5,7-8,15,17H,2,6,9-13H2,1H3/t15-/m1/s1. The van der Waals surface area contributed by atoms with Crippen LogP contribution in [0, 0.1) is 5.92 Å². The van der Waals surface area contributed by atoms with Crippen LogP contribution < -0.4 is 5.32 Å². The molecule has 4 nitrogen and oxygen atoms in total. The third-order valence-electron chi connectivity index (χ3n) is 3.67. The van der Waals surface area contributed by atoms with E-state index < -0.39 is 0 Å². The first-order chi connectivity index (χ1) is 9.79. The van der Waals surface area contributed by atoms with E-state index in [-0.39, 0.29) is 6.09 Å². The molecule has 1 atom stereocenters. The Kier molecular flexibility index (Phi) is 5.87. The molecule has 1 N–H and O–H groups in total. The molecule has 1 aromatic carbocycles. The third kappa shape index (κ3) is 4.53. The fraction of sp³-hybridized carbons (Fsp3) is 0.562. The highest BCUT2D eigenvalue weighted by atomic mass is 16.6. The summed E-state index contributed by atoms with van der Waals surface area (Å²) in [5, 5.41) is 3.36. The van der Waals surface area contributed by atoms with Crippen LogP contribution in [-0.2, 0) is 11.3 Å². The lowest BCUT2D eigenvalue weighted by Crippen LogP contribution is -2.43. The average molecular weight is 276 g/mol. The van der Waals surface area contributed by atoms with E-state index >= 15 is 0 Å². The van der Waals surface area contributed by atoms with Crippen molar-refractivity contribution in [2.75, 3.05) is 26.2 Å². The molecule has 1 aromatic rings. The summed E-state index contributed by atoms with van der Waals surface area (Å²) in [6.07, 6.45) is 2.07. The van der Waals surface area contributed by atoms with Gasteiger partial charge in [0.25, 0.3) is 0 Å². The number of piperidine rings is 1. The molecule has 1 fully saturated rings. The summed E-state index contributed by atoms with van der Waals surface area (Å²) in [5.41, 5.74) is 1.03. The number of ether oxygens (including phenoxy) is 1. The number of nitrogens with zero attached hydrogens (tertiary/aromatic N) is 1. The van der Waals surface area contributed by atoms with E-state index in [1.807, 2.05) is 35.2 Å². The molecule has 1 aliphatic heterocycles. The van der Waals surface area contributed by atoms with Gasteiger partial charge in [0.15, 0.2) is 0 Å². The van der Waals surface area contributed by atoms with Crippen LogP contribution in [0.15, 0.2) is 30.3 Å². The SMILES string of the molecule is CCNC[C@H]1CCCN(C(=O)OCc2ccccc2)C1. The highest BCUT2D eigenvalue weighted by molar-refractivity contribution is 5.67. The van der Waals surface area contributed by atoms with Gasteiger partial charge in [0.1, 0.15) is 6.61 Å². The topological polar surface area (TPSA) is 41.6 Å². The summed E-state index contributed by atoms with van der Waals surface area (Å²) in [7, 11) is 0. The van der Waals surface area contributed by atoms with Crippen molar-refractivity contribution < 1.29 is 9.53 Å². The van der Waals surface area contributed by atoms with Gasteiger partial charge in [-0.2, -0.15) is 0 Å². The fourth-order valence-corrected chi connectivity index (χ4v) is 2.56. The minimum absolute atomic E-state index is 0.185. The van der Waals surface area contributed by atoms with Crippen LogP contribution in [0.2, 0.25) is 0 Å². The predicted octanol–water partition coefficient (Wildman–Crippen LogP) is 2.64. The smallest absolute Gasteiger partial charge is 0.410 e. The molecule has 1 heterocycles. The molecule has 20 heavy (non-hydrogen) atoms. The first-order valence-electron chi connectivity index (χ1n) is 7.46. The molecule has 4 heteroatoms. The van der Waals surface area contributed by atoms with Crippen molar-refractivity contribution in [3.05, 3.63) is 35.9 Å². The second kappa shape index (κ2) is 7.90. The van der Waals surface area contributed by atoms with Crippen LogP contribution in [0.3, 0.4) is 0 Å². The zero-order chi connectivity index (χ0) is 14.2. The maximum atomic E-state index is 12.1. The molecule has 0 saturated carbocycles. The number of benzene rings is 1. The normalized spacial score (nSPS) is 18.9. The lowest BCUT2D eigenvalue weighted by atomic mass is 9.98. The molecule has 1 aliphatic rings. The monoisotopic (exact) mass is 276 g/mol. The minimum Gasteiger partial charge on any atom is -0.445 e. The van der Waals surface area contributed by atoms with Gasteiger partial charge in [0.2, 0.25) is 0 Å². The Morgan fingerprint density at radius 1 is 1.40 bits per heavy atom. The van der Waals surface area contributed by atoms with Gasteiger partial charge in [-0.05, 0) is 37.4 Å². The van der Waals surface area contributed by atoms with Gasteiger partial charge >= 0.3 is 6.09 Å². The first-order valence-corrected chi connectivity index (χ1v) is 7.46. The van der Waals surface area contributed by atoms with Gasteiger partial charge in [0, 0.05) is 13.1 Å². The molecule has 0 radical (unpaired) electrons. The van der Waals surface area contributed by atoms with E-state index in [0.29, 0.717) is 12.5 Å². The second-order valence-electron chi connectivity index (χ2n) is 5.30. The molecule has 0 bridgehead atoms. The molecule has 0 spiro atoms. The zero-order valence-electron chi connectivity index (χ0n) is 12.2. The number of hydrogen-bond donors (Lipinski definition) is 1. The van der Waals surface area contributed by atoms with Crippen molar-refractivity contribution in [1.29, 1.82) is 0 Å². The lowest BCUT2D eigenvalue weighted by molar-refractivity contribution is 0.0790. The van der Waals surface area contributed by atoms with E-state index in [2.05, 4.69) is 12.2 Å². The molecule has 1 amide bonds. The van der Waals surface area contributed by atoms with Crippen molar-refractivity contribution in [2.24, 2.45) is 5.92 Å². The Labute approximate surface area is 121 Å². The van der Waals surface area contributed by atoms with Crippen molar-refractivity contribution in [3.63, 3.8) is 0 Å². The summed E-state index contributed by atoms with van der Waals surface area (Å²) in [4.78, 5) is 13.9. The van der Waals surface area contributed by atoms with Crippen LogP contribution in [0.1, 0.15) is 25.3 Å².